The van der Waals surface area contributed by atoms with Crippen LogP contribution in [0.2, 0.25) is 24.2 Å². The van der Waals surface area contributed by atoms with E-state index in [1.807, 2.05) is 7.11 Å². The smallest absolute Gasteiger partial charge is 0.0916 e. The zero-order valence-electron chi connectivity index (χ0n) is 13.9. The molecular weight excluding hydrogens is 252 g/mol. The molecule has 1 aliphatic carbocycles. The molecule has 3 atom stereocenters. The van der Waals surface area contributed by atoms with Crippen LogP contribution in [-0.2, 0) is 9.47 Å². The maximum absolute atomic E-state index is 5.85. The maximum Gasteiger partial charge on any atom is 0.0916 e. The van der Waals surface area contributed by atoms with E-state index >= 15 is 0 Å². The van der Waals surface area contributed by atoms with Gasteiger partial charge in [-0.1, -0.05) is 51.9 Å². The molecule has 3 heteroatoms. The van der Waals surface area contributed by atoms with Crippen molar-refractivity contribution in [3.8, 4) is 0 Å². The van der Waals surface area contributed by atoms with Crippen LogP contribution < -0.4 is 0 Å². The maximum atomic E-state index is 5.85. The molecule has 1 fully saturated rings. The summed E-state index contributed by atoms with van der Waals surface area (Å²) >= 11 is 0. The minimum atomic E-state index is -1.02. The first kappa shape index (κ1) is 17.2. The van der Waals surface area contributed by atoms with Gasteiger partial charge in [0.05, 0.1) is 20.3 Å². The van der Waals surface area contributed by atoms with Crippen LogP contribution in [0, 0.1) is 11.8 Å². The molecule has 1 aliphatic rings. The quantitative estimate of drug-likeness (QED) is 0.608. The highest BCUT2D eigenvalue weighted by molar-refractivity contribution is 6.79. The minimum Gasteiger partial charge on any atom is -0.382 e. The highest BCUT2D eigenvalue weighted by atomic mass is 28.3. The summed E-state index contributed by atoms with van der Waals surface area (Å²) in [6.45, 7) is 10.4. The van der Waals surface area contributed by atoms with Crippen LogP contribution in [0.4, 0.5) is 0 Å². The second-order valence-electron chi connectivity index (χ2n) is 6.73. The Morgan fingerprint density at radius 1 is 1.05 bits per heavy atom. The Labute approximate surface area is 121 Å². The molecule has 0 spiro atoms. The van der Waals surface area contributed by atoms with Crippen molar-refractivity contribution in [3.63, 3.8) is 0 Å². The highest BCUT2D eigenvalue weighted by Gasteiger charge is 2.46. The molecular formula is C16H34O2Si. The minimum absolute atomic E-state index is 0.00576. The van der Waals surface area contributed by atoms with E-state index in [4.69, 9.17) is 9.47 Å². The molecule has 0 amide bonds. The van der Waals surface area contributed by atoms with Gasteiger partial charge in [-0.15, -0.1) is 0 Å². The average Bonchev–Trinajstić information content (AvgIpc) is 2.73. The molecule has 0 aromatic heterocycles. The van der Waals surface area contributed by atoms with Crippen molar-refractivity contribution < 1.29 is 9.47 Å². The van der Waals surface area contributed by atoms with E-state index in [2.05, 4.69) is 27.7 Å². The summed E-state index contributed by atoms with van der Waals surface area (Å²) in [7, 11) is 2.63. The molecule has 0 N–H and O–H groups in total. The average molecular weight is 287 g/mol. The first-order chi connectivity index (χ1) is 9.00. The molecule has 0 aliphatic heterocycles. The van der Waals surface area contributed by atoms with Crippen molar-refractivity contribution in [2.24, 2.45) is 11.8 Å². The zero-order valence-corrected chi connectivity index (χ0v) is 14.9. The largest absolute Gasteiger partial charge is 0.382 e. The summed E-state index contributed by atoms with van der Waals surface area (Å²) in [5, 5.41) is 0. The van der Waals surface area contributed by atoms with Crippen molar-refractivity contribution in [1.82, 2.24) is 0 Å². The van der Waals surface area contributed by atoms with Crippen LogP contribution >= 0.6 is 0 Å². The van der Waals surface area contributed by atoms with Gasteiger partial charge >= 0.3 is 0 Å². The molecule has 0 aromatic rings. The fraction of sp³-hybridized carbons (Fsp3) is 1.00. The molecule has 0 aromatic carbocycles. The van der Waals surface area contributed by atoms with E-state index in [0.29, 0.717) is 0 Å². The van der Waals surface area contributed by atoms with Crippen LogP contribution in [0.3, 0.4) is 0 Å². The summed E-state index contributed by atoms with van der Waals surface area (Å²) in [5.41, 5.74) is -0.00576. The zero-order chi connectivity index (χ0) is 14.5. The number of rotatable bonds is 8. The first-order valence-corrected chi connectivity index (χ1v) is 10.9. The van der Waals surface area contributed by atoms with Crippen molar-refractivity contribution >= 4 is 8.07 Å². The summed E-state index contributed by atoms with van der Waals surface area (Å²) < 4.78 is 11.3. The van der Waals surface area contributed by atoms with Crippen molar-refractivity contribution in [3.05, 3.63) is 0 Å². The van der Waals surface area contributed by atoms with Crippen molar-refractivity contribution in [2.45, 2.75) is 70.3 Å². The Kier molecular flexibility index (Phi) is 6.54. The second-order valence-corrected chi connectivity index (χ2v) is 12.3. The van der Waals surface area contributed by atoms with Gasteiger partial charge in [0.2, 0.25) is 0 Å². The summed E-state index contributed by atoms with van der Waals surface area (Å²) in [4.78, 5) is 0. The Morgan fingerprint density at radius 3 is 2.05 bits per heavy atom. The van der Waals surface area contributed by atoms with Crippen LogP contribution in [0.25, 0.3) is 0 Å². The lowest BCUT2D eigenvalue weighted by Gasteiger charge is -2.33. The molecule has 1 unspecified atom stereocenters. The Morgan fingerprint density at radius 2 is 1.63 bits per heavy atom. The Bertz CT molecular complexity index is 257. The lowest BCUT2D eigenvalue weighted by molar-refractivity contribution is -0.0624. The second kappa shape index (κ2) is 7.23. The Hall–Kier alpha value is 0.137. The topological polar surface area (TPSA) is 18.5 Å². The van der Waals surface area contributed by atoms with Crippen LogP contribution in [0.1, 0.15) is 40.5 Å². The van der Waals surface area contributed by atoms with Gasteiger partial charge in [0.25, 0.3) is 0 Å². The van der Waals surface area contributed by atoms with Gasteiger partial charge in [0, 0.05) is 14.2 Å². The van der Waals surface area contributed by atoms with E-state index in [1.54, 1.807) is 7.11 Å². The van der Waals surface area contributed by atoms with Crippen molar-refractivity contribution in [1.29, 1.82) is 0 Å². The molecule has 0 saturated heterocycles. The van der Waals surface area contributed by atoms with Gasteiger partial charge in [-0.2, -0.15) is 0 Å². The lowest BCUT2D eigenvalue weighted by Crippen LogP contribution is -2.36. The number of ether oxygens (including phenoxy) is 2. The fourth-order valence-electron chi connectivity index (χ4n) is 4.13. The fourth-order valence-corrected chi connectivity index (χ4v) is 8.16. The number of methoxy groups -OCH3 is 2. The third-order valence-corrected chi connectivity index (χ3v) is 11.8. The van der Waals surface area contributed by atoms with Gasteiger partial charge < -0.3 is 9.47 Å². The first-order valence-electron chi connectivity index (χ1n) is 8.04. The highest BCUT2D eigenvalue weighted by Crippen LogP contribution is 2.46. The van der Waals surface area contributed by atoms with Crippen LogP contribution in [-0.4, -0.2) is 34.5 Å². The lowest BCUT2D eigenvalue weighted by atomic mass is 10.0. The normalized spacial score (nSPS) is 31.9. The van der Waals surface area contributed by atoms with Gasteiger partial charge in [-0.05, 0) is 24.7 Å². The summed E-state index contributed by atoms with van der Waals surface area (Å²) in [5.74, 6) is 1.63. The molecule has 0 radical (unpaired) electrons. The monoisotopic (exact) mass is 286 g/mol. The van der Waals surface area contributed by atoms with Gasteiger partial charge in [0.15, 0.2) is 0 Å². The summed E-state index contributed by atoms with van der Waals surface area (Å²) in [6, 6.07) is 5.81. The van der Waals surface area contributed by atoms with E-state index in [9.17, 15) is 0 Å². The summed E-state index contributed by atoms with van der Waals surface area (Å²) in [6.07, 6.45) is 2.37. The molecule has 19 heavy (non-hydrogen) atoms. The van der Waals surface area contributed by atoms with E-state index < -0.39 is 8.07 Å². The standard InChI is InChI=1S/C16H34O2Si/c1-7-19(8-2,9-3)12-15-11-16(18-6,13-17-5)10-14(15)4/h14-15H,7-13H2,1-6H3/t14-,15+,16?/m1/s1. The third-order valence-electron chi connectivity index (χ3n) is 5.92. The van der Waals surface area contributed by atoms with E-state index in [0.717, 1.165) is 18.4 Å². The van der Waals surface area contributed by atoms with E-state index in [-0.39, 0.29) is 5.60 Å². The molecule has 0 heterocycles. The predicted octanol–water partition coefficient (Wildman–Crippen LogP) is 4.57. The molecule has 114 valence electrons. The van der Waals surface area contributed by atoms with Crippen LogP contribution in [0.5, 0.6) is 0 Å². The Balaban J connectivity index is 2.74. The number of hydrogen-bond acceptors (Lipinski definition) is 2. The molecule has 1 rings (SSSR count). The van der Waals surface area contributed by atoms with Crippen LogP contribution in [0.15, 0.2) is 0 Å². The third kappa shape index (κ3) is 3.83. The van der Waals surface area contributed by atoms with Gasteiger partial charge in [-0.25, -0.2) is 0 Å². The number of hydrogen-bond donors (Lipinski definition) is 0. The molecule has 2 nitrogen and oxygen atoms in total. The van der Waals surface area contributed by atoms with E-state index in [1.165, 1.54) is 37.0 Å². The molecule has 1 saturated carbocycles. The van der Waals surface area contributed by atoms with Gasteiger partial charge in [0.1, 0.15) is 0 Å². The predicted molar refractivity (Wildman–Crippen MR) is 85.5 cm³/mol. The van der Waals surface area contributed by atoms with Crippen molar-refractivity contribution in [2.75, 3.05) is 20.8 Å². The SMILES string of the molecule is CC[Si](CC)(CC)C[C@@H]1CC(COC)(OC)C[C@H]1C. The molecule has 0 bridgehead atoms. The van der Waals surface area contributed by atoms with Gasteiger partial charge in [-0.3, -0.25) is 0 Å².